The molecule has 1 saturated carbocycles. The molecule has 0 radical (unpaired) electrons. The van der Waals surface area contributed by atoms with Crippen molar-refractivity contribution in [3.8, 4) is 0 Å². The van der Waals surface area contributed by atoms with Gasteiger partial charge in [-0.1, -0.05) is 0 Å². The lowest BCUT2D eigenvalue weighted by molar-refractivity contribution is -0.144. The lowest BCUT2D eigenvalue weighted by Gasteiger charge is -2.38. The average molecular weight is 517 g/mol. The Morgan fingerprint density at radius 2 is 1.80 bits per heavy atom. The number of hydrogen-bond acceptors (Lipinski definition) is 9. The Hall–Kier alpha value is -1.35. The smallest absolute Gasteiger partial charge is 0.240 e. The lowest BCUT2D eigenvalue weighted by atomic mass is 10.0. The number of aliphatic hydroxyl groups excluding tert-OH is 2. The highest BCUT2D eigenvalue weighted by Crippen LogP contribution is 2.33. The molecule has 35 heavy (non-hydrogen) atoms. The maximum Gasteiger partial charge on any atom is 0.240 e. The van der Waals surface area contributed by atoms with E-state index in [9.17, 15) is 28.2 Å². The Balaban J connectivity index is 1.41. The summed E-state index contributed by atoms with van der Waals surface area (Å²) in [6.07, 6.45) is -1.42. The van der Waals surface area contributed by atoms with Gasteiger partial charge in [0, 0.05) is 45.3 Å². The van der Waals surface area contributed by atoms with Gasteiger partial charge in [0.2, 0.25) is 21.8 Å². The van der Waals surface area contributed by atoms with Crippen LogP contribution in [0.5, 0.6) is 0 Å². The van der Waals surface area contributed by atoms with Gasteiger partial charge in [-0.15, -0.1) is 0 Å². The number of amides is 2. The average Bonchev–Trinajstić information content (AvgIpc) is 3.47. The number of carbonyl (C=O) groups is 2. The topological polar surface area (TPSA) is 149 Å². The predicted molar refractivity (Wildman–Crippen MR) is 123 cm³/mol. The summed E-state index contributed by atoms with van der Waals surface area (Å²) in [5.74, 6) is 0.239. The summed E-state index contributed by atoms with van der Waals surface area (Å²) < 4.78 is 37.9. The molecule has 5 rings (SSSR count). The SMILES string of the molecule is CS(=O)(=O)N1C[C@@H]2CN(CCO2)C(=O)[C@@H]2C[C@@H](CN2CC2CC2)NC(=O)C[C@@H]2O[C@H](C1)[C@@H](O)[C@H]2O. The number of carbonyl (C=O) groups excluding carboxylic acids is 2. The van der Waals surface area contributed by atoms with E-state index in [1.54, 1.807) is 4.90 Å². The lowest BCUT2D eigenvalue weighted by Crippen LogP contribution is -2.55. The van der Waals surface area contributed by atoms with E-state index in [1.165, 1.54) is 0 Å². The molecule has 0 spiro atoms. The third-order valence-corrected chi connectivity index (χ3v) is 9.04. The molecule has 12 nitrogen and oxygen atoms in total. The third kappa shape index (κ3) is 5.65. The largest absolute Gasteiger partial charge is 0.388 e. The van der Waals surface area contributed by atoms with Gasteiger partial charge < -0.3 is 29.9 Å². The molecule has 4 aliphatic heterocycles. The highest BCUT2D eigenvalue weighted by atomic mass is 32.2. The summed E-state index contributed by atoms with van der Waals surface area (Å²) in [5.41, 5.74) is 0. The van der Waals surface area contributed by atoms with E-state index >= 15 is 0 Å². The highest BCUT2D eigenvalue weighted by Gasteiger charge is 2.47. The molecule has 0 unspecified atom stereocenters. The van der Waals surface area contributed by atoms with Crippen molar-refractivity contribution >= 4 is 21.8 Å². The summed E-state index contributed by atoms with van der Waals surface area (Å²) in [5, 5.41) is 24.0. The maximum absolute atomic E-state index is 13.6. The normalized spacial score (nSPS) is 40.2. The van der Waals surface area contributed by atoms with E-state index in [0.29, 0.717) is 32.0 Å². The molecule has 198 valence electrons. The minimum Gasteiger partial charge on any atom is -0.388 e. The number of nitrogens with zero attached hydrogens (tertiary/aromatic N) is 3. The minimum absolute atomic E-state index is 0.00444. The second kappa shape index (κ2) is 9.84. The number of sulfonamides is 1. The number of morpholine rings is 1. The van der Waals surface area contributed by atoms with E-state index in [4.69, 9.17) is 9.47 Å². The van der Waals surface area contributed by atoms with Gasteiger partial charge in [-0.25, -0.2) is 8.42 Å². The molecule has 7 atom stereocenters. The monoisotopic (exact) mass is 516 g/mol. The zero-order valence-corrected chi connectivity index (χ0v) is 20.8. The molecule has 3 N–H and O–H groups in total. The fourth-order valence-corrected chi connectivity index (χ4v) is 6.58. The van der Waals surface area contributed by atoms with Crippen LogP contribution in [0.25, 0.3) is 0 Å². The van der Waals surface area contributed by atoms with Crippen LogP contribution in [0.2, 0.25) is 0 Å². The highest BCUT2D eigenvalue weighted by molar-refractivity contribution is 7.88. The molecule has 13 heteroatoms. The van der Waals surface area contributed by atoms with Gasteiger partial charge >= 0.3 is 0 Å². The van der Waals surface area contributed by atoms with E-state index in [1.807, 2.05) is 0 Å². The van der Waals surface area contributed by atoms with Crippen LogP contribution in [0, 0.1) is 5.92 Å². The zero-order valence-electron chi connectivity index (χ0n) is 20.0. The fraction of sp³-hybridized carbons (Fsp3) is 0.909. The first kappa shape index (κ1) is 25.3. The van der Waals surface area contributed by atoms with Crippen molar-refractivity contribution in [3.63, 3.8) is 0 Å². The molecule has 5 fully saturated rings. The predicted octanol–water partition coefficient (Wildman–Crippen LogP) is -2.66. The van der Waals surface area contributed by atoms with Crippen LogP contribution < -0.4 is 5.32 Å². The second-order valence-corrected chi connectivity index (χ2v) is 12.7. The number of hydrogen-bond donors (Lipinski definition) is 3. The number of likely N-dealkylation sites (tertiary alicyclic amines) is 1. The van der Waals surface area contributed by atoms with Crippen LogP contribution in [0.1, 0.15) is 25.7 Å². The minimum atomic E-state index is -3.70. The van der Waals surface area contributed by atoms with Gasteiger partial charge in [-0.3, -0.25) is 14.5 Å². The van der Waals surface area contributed by atoms with Gasteiger partial charge in [-0.2, -0.15) is 4.31 Å². The Labute approximate surface area is 205 Å². The first-order chi connectivity index (χ1) is 16.6. The van der Waals surface area contributed by atoms with E-state index in [2.05, 4.69) is 10.2 Å². The molecular weight excluding hydrogens is 480 g/mol. The van der Waals surface area contributed by atoms with Crippen molar-refractivity contribution in [2.24, 2.45) is 5.92 Å². The number of fused-ring (bicyclic) bond motifs is 6. The summed E-state index contributed by atoms with van der Waals surface area (Å²) in [6.45, 7) is 2.18. The number of aliphatic hydroxyl groups is 2. The van der Waals surface area contributed by atoms with Crippen LogP contribution in [-0.2, 0) is 29.1 Å². The summed E-state index contributed by atoms with van der Waals surface area (Å²) in [6, 6.07) is -0.543. The molecule has 5 aliphatic rings. The van der Waals surface area contributed by atoms with Crippen molar-refractivity contribution < 1.29 is 37.7 Å². The van der Waals surface area contributed by atoms with Gasteiger partial charge in [0.15, 0.2) is 0 Å². The Morgan fingerprint density at radius 3 is 2.51 bits per heavy atom. The summed E-state index contributed by atoms with van der Waals surface area (Å²) in [4.78, 5) is 30.3. The molecule has 4 heterocycles. The van der Waals surface area contributed by atoms with Crippen LogP contribution >= 0.6 is 0 Å². The molecule has 6 bridgehead atoms. The van der Waals surface area contributed by atoms with Crippen LogP contribution in [0.15, 0.2) is 0 Å². The van der Waals surface area contributed by atoms with E-state index in [-0.39, 0.29) is 50.0 Å². The molecule has 2 amide bonds. The molecule has 0 aromatic carbocycles. The Morgan fingerprint density at radius 1 is 1.06 bits per heavy atom. The first-order valence-electron chi connectivity index (χ1n) is 12.5. The Bertz CT molecular complexity index is 930. The Kier molecular flexibility index (Phi) is 7.12. The van der Waals surface area contributed by atoms with E-state index in [0.717, 1.165) is 29.9 Å². The standard InChI is InChI=1S/C22H36N4O8S/c1-35(31,32)26-11-15-10-24(4-5-33-15)22(30)16-6-14(9-25(16)8-13-2-3-13)23-19(27)7-17-20(28)21(29)18(12-26)34-17/h13-18,20-21,28-29H,2-12H2,1H3,(H,23,27)/t14-,15-,16-,17-,18+,20-,21+/m0/s1. The second-order valence-electron chi connectivity index (χ2n) is 10.7. The molecule has 0 aromatic heterocycles. The van der Waals surface area contributed by atoms with Crippen LogP contribution in [0.3, 0.4) is 0 Å². The van der Waals surface area contributed by atoms with Gasteiger partial charge in [0.05, 0.1) is 37.5 Å². The van der Waals surface area contributed by atoms with Crippen molar-refractivity contribution in [1.29, 1.82) is 0 Å². The van der Waals surface area contributed by atoms with Crippen molar-refractivity contribution in [1.82, 2.24) is 19.4 Å². The third-order valence-electron chi connectivity index (χ3n) is 7.80. The van der Waals surface area contributed by atoms with Gasteiger partial charge in [0.1, 0.15) is 18.3 Å². The van der Waals surface area contributed by atoms with Gasteiger partial charge in [0.25, 0.3) is 0 Å². The van der Waals surface area contributed by atoms with E-state index < -0.39 is 40.5 Å². The maximum atomic E-state index is 13.6. The first-order valence-corrected chi connectivity index (χ1v) is 14.3. The summed E-state index contributed by atoms with van der Waals surface area (Å²) in [7, 11) is -3.70. The van der Waals surface area contributed by atoms with Crippen LogP contribution in [-0.4, -0.2) is 139 Å². The quantitative estimate of drug-likeness (QED) is 0.365. The fourth-order valence-electron chi connectivity index (χ4n) is 5.73. The number of ether oxygens (including phenoxy) is 2. The molecular formula is C22H36N4O8S. The van der Waals surface area contributed by atoms with Crippen LogP contribution in [0.4, 0.5) is 0 Å². The van der Waals surface area contributed by atoms with Gasteiger partial charge in [-0.05, 0) is 25.2 Å². The zero-order chi connectivity index (χ0) is 24.9. The molecule has 0 aromatic rings. The summed E-state index contributed by atoms with van der Waals surface area (Å²) >= 11 is 0. The van der Waals surface area contributed by atoms with Crippen molar-refractivity contribution in [3.05, 3.63) is 0 Å². The van der Waals surface area contributed by atoms with Crippen molar-refractivity contribution in [2.45, 2.75) is 68.3 Å². The number of rotatable bonds is 3. The van der Waals surface area contributed by atoms with Crippen molar-refractivity contribution in [2.75, 3.05) is 52.1 Å². The molecule has 4 saturated heterocycles. The number of nitrogens with one attached hydrogen (secondary N) is 1. The molecule has 1 aliphatic carbocycles.